The average molecular weight is 437 g/mol. The summed E-state index contributed by atoms with van der Waals surface area (Å²) in [6.45, 7) is -1.60. The molecule has 2 amide bonds. The number of halogens is 3. The molecule has 160 valence electrons. The molecule has 0 aliphatic carbocycles. The highest BCUT2D eigenvalue weighted by Gasteiger charge is 2.43. The summed E-state index contributed by atoms with van der Waals surface area (Å²) >= 11 is 0. The number of hydrogen-bond acceptors (Lipinski definition) is 6. The number of carbonyl (C=O) groups is 3. The summed E-state index contributed by atoms with van der Waals surface area (Å²) in [5.74, 6) is -3.48. The summed E-state index contributed by atoms with van der Waals surface area (Å²) in [4.78, 5) is 34.3. The smallest absolute Gasteiger partial charge is 0.468 e. The molecule has 1 heterocycles. The van der Waals surface area contributed by atoms with Crippen LogP contribution in [0.5, 0.6) is 0 Å². The quantitative estimate of drug-likeness (QED) is 0.590. The fourth-order valence-electron chi connectivity index (χ4n) is 2.60. The molecule has 0 unspecified atom stereocenters. The molecule has 0 saturated heterocycles. The van der Waals surface area contributed by atoms with Gasteiger partial charge in [0.2, 0.25) is 15.9 Å². The number of benzene rings is 1. The maximum absolute atomic E-state index is 12.6. The van der Waals surface area contributed by atoms with E-state index in [1.807, 2.05) is 4.72 Å². The Morgan fingerprint density at radius 2 is 1.86 bits per heavy atom. The highest BCUT2D eigenvalue weighted by atomic mass is 32.2. The molecule has 9 nitrogen and oxygen atoms in total. The molecule has 0 saturated carbocycles. The van der Waals surface area contributed by atoms with Crippen LogP contribution in [0, 0.1) is 0 Å². The second kappa shape index (κ2) is 8.78. The van der Waals surface area contributed by atoms with E-state index in [2.05, 4.69) is 10.1 Å². The van der Waals surface area contributed by atoms with Crippen molar-refractivity contribution in [3.8, 4) is 0 Å². The zero-order valence-corrected chi connectivity index (χ0v) is 16.0. The Labute approximate surface area is 164 Å². The number of alkyl halides is 3. The summed E-state index contributed by atoms with van der Waals surface area (Å²) in [6, 6.07) is 3.88. The lowest BCUT2D eigenvalue weighted by molar-refractivity contribution is -0.186. The lowest BCUT2D eigenvalue weighted by atomic mass is 10.00. The molecule has 0 aromatic heterocycles. The van der Waals surface area contributed by atoms with Crippen molar-refractivity contribution in [1.29, 1.82) is 0 Å². The van der Waals surface area contributed by atoms with E-state index in [-0.39, 0.29) is 30.0 Å². The van der Waals surface area contributed by atoms with Gasteiger partial charge in [-0.15, -0.1) is 0 Å². The van der Waals surface area contributed by atoms with Gasteiger partial charge in [-0.05, 0) is 29.7 Å². The van der Waals surface area contributed by atoms with E-state index in [9.17, 15) is 36.0 Å². The number of esters is 1. The number of amides is 2. The molecule has 0 radical (unpaired) electrons. The van der Waals surface area contributed by atoms with Crippen LogP contribution in [0.2, 0.25) is 0 Å². The van der Waals surface area contributed by atoms with Crippen LogP contribution in [0.4, 0.5) is 13.2 Å². The number of hydrogen-bond donors (Lipinski definition) is 2. The number of fused-ring (bicyclic) bond motifs is 1. The van der Waals surface area contributed by atoms with E-state index in [1.54, 1.807) is 0 Å². The zero-order valence-electron chi connectivity index (χ0n) is 15.2. The fraction of sp³-hybridized carbons (Fsp3) is 0.438. The number of nitrogens with one attached hydrogen (secondary N) is 2. The van der Waals surface area contributed by atoms with E-state index < -0.39 is 47.1 Å². The van der Waals surface area contributed by atoms with Crippen molar-refractivity contribution >= 4 is 27.8 Å². The highest BCUT2D eigenvalue weighted by molar-refractivity contribution is 7.89. The summed E-state index contributed by atoms with van der Waals surface area (Å²) in [5.41, 5.74) is 0.901. The Balaban J connectivity index is 2.07. The number of sulfonamides is 1. The predicted octanol–water partition coefficient (Wildman–Crippen LogP) is -0.299. The van der Waals surface area contributed by atoms with Crippen molar-refractivity contribution in [2.45, 2.75) is 24.0 Å². The Morgan fingerprint density at radius 3 is 2.48 bits per heavy atom. The van der Waals surface area contributed by atoms with Gasteiger partial charge in [-0.3, -0.25) is 14.4 Å². The predicted molar refractivity (Wildman–Crippen MR) is 91.8 cm³/mol. The third-order valence-electron chi connectivity index (χ3n) is 4.11. The van der Waals surface area contributed by atoms with Crippen LogP contribution in [0.15, 0.2) is 23.1 Å². The summed E-state index contributed by atoms with van der Waals surface area (Å²) in [5, 5.41) is 2.15. The first-order valence-electron chi connectivity index (χ1n) is 8.25. The van der Waals surface area contributed by atoms with Gasteiger partial charge in [0.15, 0.2) is 0 Å². The third kappa shape index (κ3) is 5.90. The average Bonchev–Trinajstić information content (AvgIpc) is 2.68. The van der Waals surface area contributed by atoms with Crippen molar-refractivity contribution in [3.63, 3.8) is 0 Å². The van der Waals surface area contributed by atoms with Crippen LogP contribution in [0.25, 0.3) is 0 Å². The molecule has 0 atom stereocenters. The van der Waals surface area contributed by atoms with Crippen LogP contribution in [-0.4, -0.2) is 64.0 Å². The van der Waals surface area contributed by atoms with Crippen molar-refractivity contribution in [2.24, 2.45) is 0 Å². The van der Waals surface area contributed by atoms with Crippen LogP contribution in [0.3, 0.4) is 0 Å². The molecule has 29 heavy (non-hydrogen) atoms. The van der Waals surface area contributed by atoms with Crippen molar-refractivity contribution in [1.82, 2.24) is 14.9 Å². The van der Waals surface area contributed by atoms with Crippen LogP contribution in [-0.2, 0) is 42.1 Å². The molecule has 0 spiro atoms. The number of methoxy groups -OCH3 is 1. The first-order chi connectivity index (χ1) is 13.4. The molecule has 1 aromatic carbocycles. The molecule has 13 heteroatoms. The van der Waals surface area contributed by atoms with Gasteiger partial charge in [0, 0.05) is 13.1 Å². The number of rotatable bonds is 6. The molecule has 2 rings (SSSR count). The van der Waals surface area contributed by atoms with Gasteiger partial charge in [0.05, 0.1) is 18.6 Å². The summed E-state index contributed by atoms with van der Waals surface area (Å²) in [6.07, 6.45) is -4.86. The zero-order chi connectivity index (χ0) is 21.8. The summed E-state index contributed by atoms with van der Waals surface area (Å²) < 4.78 is 68.9. The molecule has 1 aliphatic rings. The van der Waals surface area contributed by atoms with Gasteiger partial charge >= 0.3 is 18.1 Å². The lowest BCUT2D eigenvalue weighted by Gasteiger charge is -2.29. The van der Waals surface area contributed by atoms with E-state index >= 15 is 0 Å². The molecule has 0 bridgehead atoms. The maximum Gasteiger partial charge on any atom is 0.471 e. The van der Waals surface area contributed by atoms with E-state index in [0.29, 0.717) is 10.5 Å². The minimum absolute atomic E-state index is 0.129. The van der Waals surface area contributed by atoms with Gasteiger partial charge in [-0.2, -0.15) is 13.2 Å². The van der Waals surface area contributed by atoms with Crippen molar-refractivity contribution in [2.75, 3.05) is 26.7 Å². The first-order valence-corrected chi connectivity index (χ1v) is 9.73. The van der Waals surface area contributed by atoms with Crippen LogP contribution >= 0.6 is 0 Å². The van der Waals surface area contributed by atoms with Crippen molar-refractivity contribution in [3.05, 3.63) is 29.3 Å². The van der Waals surface area contributed by atoms with E-state index in [0.717, 1.165) is 7.11 Å². The first kappa shape index (κ1) is 22.6. The van der Waals surface area contributed by atoms with Gasteiger partial charge in [0.1, 0.15) is 6.54 Å². The van der Waals surface area contributed by atoms with Gasteiger partial charge in [-0.25, -0.2) is 13.1 Å². The Morgan fingerprint density at radius 1 is 1.17 bits per heavy atom. The monoisotopic (exact) mass is 437 g/mol. The number of ether oxygens (including phenoxy) is 1. The van der Waals surface area contributed by atoms with Gasteiger partial charge in [-0.1, -0.05) is 6.07 Å². The Kier molecular flexibility index (Phi) is 6.85. The second-order valence-electron chi connectivity index (χ2n) is 6.08. The fourth-order valence-corrected chi connectivity index (χ4v) is 3.63. The Hall–Kier alpha value is -2.67. The standard InChI is InChI=1S/C16H18F3N3O6S/c1-28-14(24)8-20-13(23)7-21-29(26,27)12-3-2-10-4-5-22(9-11(10)6-12)15(25)16(17,18)19/h2-3,6,21H,4-5,7-9H2,1H3,(H,20,23). The highest BCUT2D eigenvalue weighted by Crippen LogP contribution is 2.26. The third-order valence-corrected chi connectivity index (χ3v) is 5.51. The normalized spacial score (nSPS) is 14.1. The minimum Gasteiger partial charge on any atom is -0.468 e. The molecular weight excluding hydrogens is 419 g/mol. The number of carbonyl (C=O) groups excluding carboxylic acids is 3. The van der Waals surface area contributed by atoms with Crippen LogP contribution < -0.4 is 10.0 Å². The molecular formula is C16H18F3N3O6S. The van der Waals surface area contributed by atoms with E-state index in [4.69, 9.17) is 0 Å². The SMILES string of the molecule is COC(=O)CNC(=O)CNS(=O)(=O)c1ccc2c(c1)CN(C(=O)C(F)(F)F)CC2. The molecule has 1 aromatic rings. The van der Waals surface area contributed by atoms with Gasteiger partial charge in [0.25, 0.3) is 0 Å². The molecule has 0 fully saturated rings. The number of nitrogens with zero attached hydrogens (tertiary/aromatic N) is 1. The lowest BCUT2D eigenvalue weighted by Crippen LogP contribution is -2.43. The second-order valence-corrected chi connectivity index (χ2v) is 7.85. The molecule has 1 aliphatic heterocycles. The van der Waals surface area contributed by atoms with Crippen molar-refractivity contribution < 1.29 is 40.7 Å². The topological polar surface area (TPSA) is 122 Å². The summed E-state index contributed by atoms with van der Waals surface area (Å²) in [7, 11) is -3.03. The largest absolute Gasteiger partial charge is 0.471 e. The maximum atomic E-state index is 12.6. The van der Waals surface area contributed by atoms with E-state index in [1.165, 1.54) is 18.2 Å². The minimum atomic E-state index is -5.01. The molecule has 2 N–H and O–H groups in total. The Bertz CT molecular complexity index is 917. The van der Waals surface area contributed by atoms with Crippen LogP contribution in [0.1, 0.15) is 11.1 Å². The van der Waals surface area contributed by atoms with Gasteiger partial charge < -0.3 is 15.0 Å².